The third-order valence-electron chi connectivity index (χ3n) is 4.30. The summed E-state index contributed by atoms with van der Waals surface area (Å²) in [7, 11) is 1.87. The third kappa shape index (κ3) is 4.07. The summed E-state index contributed by atoms with van der Waals surface area (Å²) in [5, 5.41) is 7.17. The number of carbonyl (C=O) groups is 1. The Morgan fingerprint density at radius 3 is 3.09 bits per heavy atom. The summed E-state index contributed by atoms with van der Waals surface area (Å²) < 4.78 is 0. The van der Waals surface area contributed by atoms with Gasteiger partial charge in [-0.05, 0) is 47.6 Å². The second-order valence-electron chi connectivity index (χ2n) is 5.96. The first-order valence-electron chi connectivity index (χ1n) is 8.02. The van der Waals surface area contributed by atoms with Crippen LogP contribution in [0.1, 0.15) is 24.1 Å². The van der Waals surface area contributed by atoms with E-state index in [0.29, 0.717) is 12.3 Å². The number of hydrogen-bond donors (Lipinski definition) is 1. The summed E-state index contributed by atoms with van der Waals surface area (Å²) >= 11 is 1.64. The van der Waals surface area contributed by atoms with Gasteiger partial charge in [-0.15, -0.1) is 0 Å². The van der Waals surface area contributed by atoms with E-state index < -0.39 is 0 Å². The number of aromatic nitrogens is 2. The molecule has 5 nitrogen and oxygen atoms in total. The van der Waals surface area contributed by atoms with Gasteiger partial charge >= 0.3 is 0 Å². The molecule has 0 aliphatic carbocycles. The molecule has 0 saturated carbocycles. The zero-order valence-corrected chi connectivity index (χ0v) is 14.2. The molecule has 1 aliphatic rings. The molecular weight excluding hydrogens is 308 g/mol. The summed E-state index contributed by atoms with van der Waals surface area (Å²) in [4.78, 5) is 23.3. The van der Waals surface area contributed by atoms with Crippen LogP contribution in [0.4, 0.5) is 5.82 Å². The van der Waals surface area contributed by atoms with E-state index >= 15 is 0 Å². The van der Waals surface area contributed by atoms with E-state index in [-0.39, 0.29) is 5.91 Å². The van der Waals surface area contributed by atoms with Gasteiger partial charge in [0.2, 0.25) is 5.91 Å². The van der Waals surface area contributed by atoms with Gasteiger partial charge in [0.25, 0.3) is 0 Å². The van der Waals surface area contributed by atoms with Crippen molar-refractivity contribution in [3.8, 4) is 0 Å². The van der Waals surface area contributed by atoms with Crippen LogP contribution in [0.25, 0.3) is 0 Å². The number of carbonyl (C=O) groups excluding carboxylic acids is 1. The van der Waals surface area contributed by atoms with Gasteiger partial charge in [-0.2, -0.15) is 11.3 Å². The zero-order valence-electron chi connectivity index (χ0n) is 13.4. The fourth-order valence-corrected chi connectivity index (χ4v) is 3.80. The van der Waals surface area contributed by atoms with Crippen molar-refractivity contribution in [3.05, 3.63) is 40.5 Å². The molecule has 0 radical (unpaired) electrons. The topological polar surface area (TPSA) is 58.1 Å². The average molecular weight is 330 g/mol. The monoisotopic (exact) mass is 330 g/mol. The number of rotatable bonds is 5. The van der Waals surface area contributed by atoms with Crippen LogP contribution in [0.2, 0.25) is 0 Å². The number of likely N-dealkylation sites (tertiary alicyclic amines) is 1. The molecule has 0 aromatic carbocycles. The van der Waals surface area contributed by atoms with Crippen LogP contribution in [0.3, 0.4) is 0 Å². The lowest BCUT2D eigenvalue weighted by molar-refractivity contribution is -0.132. The lowest BCUT2D eigenvalue weighted by Gasteiger charge is -2.33. The number of amides is 1. The zero-order chi connectivity index (χ0) is 16.1. The Morgan fingerprint density at radius 2 is 2.30 bits per heavy atom. The normalized spacial score (nSPS) is 18.0. The van der Waals surface area contributed by atoms with Crippen LogP contribution in [0, 0.1) is 5.92 Å². The van der Waals surface area contributed by atoms with E-state index in [1.165, 1.54) is 0 Å². The average Bonchev–Trinajstić information content (AvgIpc) is 3.08. The molecule has 1 fully saturated rings. The summed E-state index contributed by atoms with van der Waals surface area (Å²) in [5.74, 6) is 1.54. The molecule has 6 heteroatoms. The lowest BCUT2D eigenvalue weighted by Crippen LogP contribution is -2.41. The second kappa shape index (κ2) is 7.55. The van der Waals surface area contributed by atoms with Gasteiger partial charge in [-0.25, -0.2) is 4.98 Å². The second-order valence-corrected chi connectivity index (χ2v) is 6.74. The summed E-state index contributed by atoms with van der Waals surface area (Å²) in [6, 6.07) is 2.03. The molecule has 1 atom stereocenters. The van der Waals surface area contributed by atoms with Crippen molar-refractivity contribution >= 4 is 23.1 Å². The van der Waals surface area contributed by atoms with Gasteiger partial charge in [0.05, 0.1) is 12.1 Å². The molecule has 0 bridgehead atoms. The standard InChI is InChI=1S/C17H22N4OS/c1-18-17-15(19-5-6-20-17)9-13-3-2-7-21(11-13)16(22)10-14-4-8-23-12-14/h4-6,8,12-13H,2-3,7,9-11H2,1H3,(H,18,20). The summed E-state index contributed by atoms with van der Waals surface area (Å²) in [6.07, 6.45) is 7.03. The Bertz CT molecular complexity index is 644. The smallest absolute Gasteiger partial charge is 0.227 e. The van der Waals surface area contributed by atoms with E-state index in [1.54, 1.807) is 23.7 Å². The molecular formula is C17H22N4OS. The van der Waals surface area contributed by atoms with Gasteiger partial charge in [0, 0.05) is 32.5 Å². The Balaban J connectivity index is 1.60. The van der Waals surface area contributed by atoms with Crippen molar-refractivity contribution < 1.29 is 4.79 Å². The highest BCUT2D eigenvalue weighted by atomic mass is 32.1. The highest BCUT2D eigenvalue weighted by Crippen LogP contribution is 2.23. The van der Waals surface area contributed by atoms with Crippen LogP contribution in [-0.2, 0) is 17.6 Å². The number of hydrogen-bond acceptors (Lipinski definition) is 5. The fraction of sp³-hybridized carbons (Fsp3) is 0.471. The molecule has 1 aliphatic heterocycles. The van der Waals surface area contributed by atoms with Crippen molar-refractivity contribution in [2.45, 2.75) is 25.7 Å². The van der Waals surface area contributed by atoms with Crippen LogP contribution >= 0.6 is 11.3 Å². The van der Waals surface area contributed by atoms with E-state index in [0.717, 1.165) is 49.4 Å². The molecule has 23 heavy (non-hydrogen) atoms. The van der Waals surface area contributed by atoms with Crippen molar-refractivity contribution in [1.82, 2.24) is 14.9 Å². The van der Waals surface area contributed by atoms with E-state index in [9.17, 15) is 4.79 Å². The molecule has 122 valence electrons. The van der Waals surface area contributed by atoms with Crippen LogP contribution in [-0.4, -0.2) is 40.9 Å². The lowest BCUT2D eigenvalue weighted by atomic mass is 9.93. The maximum absolute atomic E-state index is 12.5. The Morgan fingerprint density at radius 1 is 1.43 bits per heavy atom. The van der Waals surface area contributed by atoms with Gasteiger partial charge in [0.15, 0.2) is 0 Å². The maximum atomic E-state index is 12.5. The number of piperidine rings is 1. The molecule has 1 saturated heterocycles. The Hall–Kier alpha value is -1.95. The first-order chi connectivity index (χ1) is 11.3. The van der Waals surface area contributed by atoms with Gasteiger partial charge in [-0.3, -0.25) is 9.78 Å². The minimum atomic E-state index is 0.237. The number of nitrogens with zero attached hydrogens (tertiary/aromatic N) is 3. The van der Waals surface area contributed by atoms with Crippen molar-refractivity contribution in [2.24, 2.45) is 5.92 Å². The minimum Gasteiger partial charge on any atom is -0.372 e. The first-order valence-corrected chi connectivity index (χ1v) is 8.97. The predicted molar refractivity (Wildman–Crippen MR) is 92.6 cm³/mol. The van der Waals surface area contributed by atoms with E-state index in [1.807, 2.05) is 23.4 Å². The highest BCUT2D eigenvalue weighted by molar-refractivity contribution is 7.07. The van der Waals surface area contributed by atoms with Crippen molar-refractivity contribution in [2.75, 3.05) is 25.5 Å². The summed E-state index contributed by atoms with van der Waals surface area (Å²) in [6.45, 7) is 1.70. The first kappa shape index (κ1) is 15.9. The molecule has 1 N–H and O–H groups in total. The van der Waals surface area contributed by atoms with Crippen LogP contribution in [0.15, 0.2) is 29.2 Å². The number of nitrogens with one attached hydrogen (secondary N) is 1. The SMILES string of the molecule is CNc1nccnc1CC1CCCN(C(=O)Cc2ccsc2)C1. The van der Waals surface area contributed by atoms with E-state index in [2.05, 4.69) is 20.7 Å². The van der Waals surface area contributed by atoms with Gasteiger partial charge in [0.1, 0.15) is 5.82 Å². The molecule has 3 rings (SSSR count). The Labute approximate surface area is 140 Å². The van der Waals surface area contributed by atoms with Crippen molar-refractivity contribution in [1.29, 1.82) is 0 Å². The number of thiophene rings is 1. The predicted octanol–water partition coefficient (Wildman–Crippen LogP) is 2.60. The molecule has 1 amide bonds. The molecule has 2 aromatic heterocycles. The van der Waals surface area contributed by atoms with Crippen LogP contribution < -0.4 is 5.32 Å². The van der Waals surface area contributed by atoms with Crippen molar-refractivity contribution in [3.63, 3.8) is 0 Å². The maximum Gasteiger partial charge on any atom is 0.227 e. The van der Waals surface area contributed by atoms with Gasteiger partial charge in [-0.1, -0.05) is 0 Å². The fourth-order valence-electron chi connectivity index (χ4n) is 3.14. The molecule has 2 aromatic rings. The molecule has 3 heterocycles. The largest absolute Gasteiger partial charge is 0.372 e. The van der Waals surface area contributed by atoms with Gasteiger partial charge < -0.3 is 10.2 Å². The third-order valence-corrected chi connectivity index (χ3v) is 5.03. The highest BCUT2D eigenvalue weighted by Gasteiger charge is 2.25. The Kier molecular flexibility index (Phi) is 5.23. The van der Waals surface area contributed by atoms with E-state index in [4.69, 9.17) is 0 Å². The number of anilines is 1. The molecule has 0 spiro atoms. The van der Waals surface area contributed by atoms with Crippen LogP contribution in [0.5, 0.6) is 0 Å². The summed E-state index contributed by atoms with van der Waals surface area (Å²) in [5.41, 5.74) is 2.11. The minimum absolute atomic E-state index is 0.237. The molecule has 1 unspecified atom stereocenters. The quantitative estimate of drug-likeness (QED) is 0.915.